The van der Waals surface area contributed by atoms with Crippen LogP contribution in [0.3, 0.4) is 0 Å². The van der Waals surface area contributed by atoms with Crippen LogP contribution in [-0.4, -0.2) is 23.0 Å². The minimum atomic E-state index is -0.550. The summed E-state index contributed by atoms with van der Waals surface area (Å²) < 4.78 is 0. The van der Waals surface area contributed by atoms with Crippen LogP contribution < -0.4 is 10.6 Å². The zero-order chi connectivity index (χ0) is 16.7. The normalized spacial score (nSPS) is 16.6. The fourth-order valence-electron chi connectivity index (χ4n) is 2.98. The lowest BCUT2D eigenvalue weighted by Crippen LogP contribution is -2.46. The van der Waals surface area contributed by atoms with Crippen LogP contribution in [0.15, 0.2) is 24.3 Å². The summed E-state index contributed by atoms with van der Waals surface area (Å²) in [5.74, 6) is -0.167. The fourth-order valence-corrected chi connectivity index (χ4v) is 2.98. The third-order valence-electron chi connectivity index (χ3n) is 4.47. The highest BCUT2D eigenvalue weighted by Gasteiger charge is 2.24. The van der Waals surface area contributed by atoms with Gasteiger partial charge in [-0.2, -0.15) is 0 Å². The van der Waals surface area contributed by atoms with E-state index in [0.717, 1.165) is 36.8 Å². The van der Waals surface area contributed by atoms with Gasteiger partial charge in [0.1, 0.15) is 6.04 Å². The Bertz CT molecular complexity index is 539. The fraction of sp³-hybridized carbons (Fsp3) is 0.556. The van der Waals surface area contributed by atoms with Crippen molar-refractivity contribution in [1.29, 1.82) is 0 Å². The quantitative estimate of drug-likeness (QED) is 0.749. The number of hydrogen-bond acceptors (Lipinski definition) is 3. The largest absolute Gasteiger partial charge is 0.392 e. The molecule has 0 bridgehead atoms. The Hall–Kier alpha value is -1.88. The van der Waals surface area contributed by atoms with Crippen molar-refractivity contribution in [3.8, 4) is 0 Å². The number of hydrogen-bond donors (Lipinski definition) is 3. The molecular formula is C18H26N2O3. The van der Waals surface area contributed by atoms with Gasteiger partial charge in [-0.25, -0.2) is 0 Å². The lowest BCUT2D eigenvalue weighted by molar-refractivity contribution is -0.131. The summed E-state index contributed by atoms with van der Waals surface area (Å²) in [6.45, 7) is 1.99. The third-order valence-corrected chi connectivity index (χ3v) is 4.47. The summed E-state index contributed by atoms with van der Waals surface area (Å²) in [5, 5.41) is 14.9. The second-order valence-corrected chi connectivity index (χ2v) is 6.21. The molecule has 0 aromatic heterocycles. The van der Waals surface area contributed by atoms with E-state index in [1.807, 2.05) is 24.3 Å². The molecule has 2 rings (SSSR count). The summed E-state index contributed by atoms with van der Waals surface area (Å²) in [7, 11) is 0. The Kier molecular flexibility index (Phi) is 6.59. The number of rotatable bonds is 6. The highest BCUT2D eigenvalue weighted by Crippen LogP contribution is 2.23. The molecule has 1 aliphatic rings. The average molecular weight is 318 g/mol. The molecular weight excluding hydrogens is 292 g/mol. The topological polar surface area (TPSA) is 78.4 Å². The van der Waals surface area contributed by atoms with Gasteiger partial charge in [-0.05, 0) is 30.9 Å². The number of aliphatic hydroxyl groups is 1. The van der Waals surface area contributed by atoms with Crippen LogP contribution in [-0.2, 0) is 22.7 Å². The molecule has 0 aliphatic heterocycles. The van der Waals surface area contributed by atoms with E-state index < -0.39 is 6.04 Å². The molecule has 1 unspecified atom stereocenters. The maximum atomic E-state index is 12.2. The van der Waals surface area contributed by atoms with Crippen LogP contribution in [0, 0.1) is 5.92 Å². The van der Waals surface area contributed by atoms with E-state index in [1.165, 1.54) is 6.42 Å². The van der Waals surface area contributed by atoms with Gasteiger partial charge in [0, 0.05) is 12.5 Å². The number of amides is 2. The number of aliphatic hydroxyl groups excluding tert-OH is 1. The van der Waals surface area contributed by atoms with Crippen molar-refractivity contribution in [1.82, 2.24) is 10.6 Å². The first-order valence-corrected chi connectivity index (χ1v) is 8.37. The number of benzene rings is 1. The zero-order valence-corrected chi connectivity index (χ0v) is 13.7. The second kappa shape index (κ2) is 8.67. The van der Waals surface area contributed by atoms with Gasteiger partial charge in [0.25, 0.3) is 0 Å². The van der Waals surface area contributed by atoms with Gasteiger partial charge >= 0.3 is 0 Å². The Balaban J connectivity index is 1.81. The predicted molar refractivity (Wildman–Crippen MR) is 88.4 cm³/mol. The zero-order valence-electron chi connectivity index (χ0n) is 13.7. The summed E-state index contributed by atoms with van der Waals surface area (Å²) in [6.07, 6.45) is 5.23. The molecule has 1 aliphatic carbocycles. The molecule has 23 heavy (non-hydrogen) atoms. The molecule has 0 spiro atoms. The van der Waals surface area contributed by atoms with Crippen molar-refractivity contribution in [2.45, 2.75) is 58.2 Å². The van der Waals surface area contributed by atoms with Crippen molar-refractivity contribution < 1.29 is 14.7 Å². The highest BCUT2D eigenvalue weighted by molar-refractivity contribution is 5.88. The van der Waals surface area contributed by atoms with E-state index in [4.69, 9.17) is 0 Å². The van der Waals surface area contributed by atoms with E-state index in [0.29, 0.717) is 6.54 Å². The molecule has 1 aromatic rings. The molecule has 0 radical (unpaired) electrons. The summed E-state index contributed by atoms with van der Waals surface area (Å²) in [6, 6.07) is 6.87. The molecule has 126 valence electrons. The standard InChI is InChI=1S/C18H26N2O3/c1-13(20-18(23)14-7-3-2-4-8-14)17(22)19-11-15-9-5-6-10-16(15)12-21/h5-6,9-10,13-14,21H,2-4,7-8,11-12H2,1H3,(H,19,22)(H,20,23). The van der Waals surface area contributed by atoms with Crippen molar-refractivity contribution in [3.63, 3.8) is 0 Å². The lowest BCUT2D eigenvalue weighted by Gasteiger charge is -2.23. The van der Waals surface area contributed by atoms with Gasteiger partial charge in [0.2, 0.25) is 11.8 Å². The van der Waals surface area contributed by atoms with E-state index in [-0.39, 0.29) is 24.3 Å². The Morgan fingerprint density at radius 2 is 1.83 bits per heavy atom. The smallest absolute Gasteiger partial charge is 0.242 e. The molecule has 0 saturated heterocycles. The SMILES string of the molecule is CC(NC(=O)C1CCCCC1)C(=O)NCc1ccccc1CO. The first kappa shape index (κ1) is 17.5. The maximum absolute atomic E-state index is 12.2. The van der Waals surface area contributed by atoms with Crippen molar-refractivity contribution in [2.75, 3.05) is 0 Å². The third kappa shape index (κ3) is 5.06. The molecule has 5 heteroatoms. The van der Waals surface area contributed by atoms with Gasteiger partial charge in [-0.3, -0.25) is 9.59 Å². The van der Waals surface area contributed by atoms with Crippen molar-refractivity contribution >= 4 is 11.8 Å². The van der Waals surface area contributed by atoms with Gasteiger partial charge in [-0.15, -0.1) is 0 Å². The molecule has 1 aromatic carbocycles. The van der Waals surface area contributed by atoms with Crippen molar-refractivity contribution in [2.24, 2.45) is 5.92 Å². The molecule has 1 atom stereocenters. The van der Waals surface area contributed by atoms with E-state index in [1.54, 1.807) is 6.92 Å². The van der Waals surface area contributed by atoms with Crippen LogP contribution in [0.4, 0.5) is 0 Å². The molecule has 0 heterocycles. The van der Waals surface area contributed by atoms with E-state index in [9.17, 15) is 14.7 Å². The van der Waals surface area contributed by atoms with Gasteiger partial charge in [-0.1, -0.05) is 43.5 Å². The lowest BCUT2D eigenvalue weighted by atomic mass is 9.88. The van der Waals surface area contributed by atoms with Gasteiger partial charge in [0.05, 0.1) is 6.61 Å². The number of carbonyl (C=O) groups excluding carboxylic acids is 2. The van der Waals surface area contributed by atoms with Crippen molar-refractivity contribution in [3.05, 3.63) is 35.4 Å². The van der Waals surface area contributed by atoms with Crippen LogP contribution in [0.5, 0.6) is 0 Å². The summed E-state index contributed by atoms with van der Waals surface area (Å²) >= 11 is 0. The maximum Gasteiger partial charge on any atom is 0.242 e. The Morgan fingerprint density at radius 3 is 2.48 bits per heavy atom. The average Bonchev–Trinajstić information content (AvgIpc) is 2.60. The van der Waals surface area contributed by atoms with Crippen LogP contribution in [0.1, 0.15) is 50.2 Å². The Morgan fingerprint density at radius 1 is 1.17 bits per heavy atom. The van der Waals surface area contributed by atoms with E-state index in [2.05, 4.69) is 10.6 Å². The minimum absolute atomic E-state index is 0.0110. The van der Waals surface area contributed by atoms with Gasteiger partial charge < -0.3 is 15.7 Å². The Labute approximate surface area is 137 Å². The molecule has 3 N–H and O–H groups in total. The predicted octanol–water partition coefficient (Wildman–Crippen LogP) is 1.88. The summed E-state index contributed by atoms with van der Waals surface area (Å²) in [5.41, 5.74) is 1.68. The first-order valence-electron chi connectivity index (χ1n) is 8.37. The van der Waals surface area contributed by atoms with Crippen LogP contribution >= 0.6 is 0 Å². The molecule has 1 fully saturated rings. The van der Waals surface area contributed by atoms with Crippen LogP contribution in [0.2, 0.25) is 0 Å². The molecule has 1 saturated carbocycles. The molecule has 5 nitrogen and oxygen atoms in total. The number of nitrogens with one attached hydrogen (secondary N) is 2. The summed E-state index contributed by atoms with van der Waals surface area (Å²) in [4.78, 5) is 24.3. The monoisotopic (exact) mass is 318 g/mol. The van der Waals surface area contributed by atoms with Gasteiger partial charge in [0.15, 0.2) is 0 Å². The van der Waals surface area contributed by atoms with E-state index >= 15 is 0 Å². The highest BCUT2D eigenvalue weighted by atomic mass is 16.3. The minimum Gasteiger partial charge on any atom is -0.392 e. The second-order valence-electron chi connectivity index (χ2n) is 6.21. The first-order chi connectivity index (χ1) is 11.1. The number of carbonyl (C=O) groups is 2. The molecule has 2 amide bonds. The van der Waals surface area contributed by atoms with Crippen LogP contribution in [0.25, 0.3) is 0 Å².